The number of amides is 1. The number of carbonyl (C=O) groups is 1. The second-order valence-electron chi connectivity index (χ2n) is 5.02. The molecule has 0 saturated carbocycles. The predicted molar refractivity (Wildman–Crippen MR) is 73.7 cm³/mol. The van der Waals surface area contributed by atoms with Crippen LogP contribution in [0.15, 0.2) is 30.3 Å². The highest BCUT2D eigenvalue weighted by atomic mass is 35.5. The van der Waals surface area contributed by atoms with E-state index in [1.807, 2.05) is 6.07 Å². The standard InChI is InChI=1S/C14H19ClN2O/c1-12-9-16(7-8-17(10-12)14(15)18)11-13-5-3-2-4-6-13/h2-6,12H,7-11H2,1H3. The lowest BCUT2D eigenvalue weighted by molar-refractivity contribution is 0.219. The minimum atomic E-state index is -0.330. The average molecular weight is 267 g/mol. The van der Waals surface area contributed by atoms with Crippen molar-refractivity contribution in [2.45, 2.75) is 13.5 Å². The average Bonchev–Trinajstić information content (AvgIpc) is 2.52. The Morgan fingerprint density at radius 3 is 2.67 bits per heavy atom. The van der Waals surface area contributed by atoms with Crippen molar-refractivity contribution < 1.29 is 4.79 Å². The van der Waals surface area contributed by atoms with Crippen LogP contribution >= 0.6 is 11.6 Å². The number of benzene rings is 1. The van der Waals surface area contributed by atoms with Crippen molar-refractivity contribution >= 4 is 17.0 Å². The van der Waals surface area contributed by atoms with Gasteiger partial charge in [-0.3, -0.25) is 9.69 Å². The molecule has 0 aromatic heterocycles. The maximum Gasteiger partial charge on any atom is 0.316 e. The fraction of sp³-hybridized carbons (Fsp3) is 0.500. The summed E-state index contributed by atoms with van der Waals surface area (Å²) in [5.74, 6) is 0.457. The van der Waals surface area contributed by atoms with Crippen molar-refractivity contribution in [3.63, 3.8) is 0 Å². The van der Waals surface area contributed by atoms with Crippen LogP contribution in [0.25, 0.3) is 0 Å². The minimum absolute atomic E-state index is 0.330. The van der Waals surface area contributed by atoms with Gasteiger partial charge in [-0.15, -0.1) is 0 Å². The fourth-order valence-electron chi connectivity index (χ4n) is 2.46. The van der Waals surface area contributed by atoms with Gasteiger partial charge in [0.05, 0.1) is 0 Å². The molecule has 0 N–H and O–H groups in total. The lowest BCUT2D eigenvalue weighted by atomic mass is 10.1. The molecule has 1 saturated heterocycles. The quantitative estimate of drug-likeness (QED) is 0.607. The zero-order chi connectivity index (χ0) is 13.0. The van der Waals surface area contributed by atoms with Gasteiger partial charge in [-0.25, -0.2) is 0 Å². The Bertz CT molecular complexity index is 396. The zero-order valence-corrected chi connectivity index (χ0v) is 11.4. The number of carbonyl (C=O) groups excluding carboxylic acids is 1. The summed E-state index contributed by atoms with van der Waals surface area (Å²) in [4.78, 5) is 15.4. The van der Waals surface area contributed by atoms with Gasteiger partial charge in [-0.05, 0) is 23.1 Å². The van der Waals surface area contributed by atoms with Gasteiger partial charge >= 0.3 is 5.37 Å². The Morgan fingerprint density at radius 2 is 2.00 bits per heavy atom. The first kappa shape index (κ1) is 13.4. The van der Waals surface area contributed by atoms with E-state index in [9.17, 15) is 4.79 Å². The second-order valence-corrected chi connectivity index (χ2v) is 5.35. The van der Waals surface area contributed by atoms with Crippen molar-refractivity contribution in [3.05, 3.63) is 35.9 Å². The minimum Gasteiger partial charge on any atom is -0.328 e. The third-order valence-corrected chi connectivity index (χ3v) is 3.52. The van der Waals surface area contributed by atoms with Crippen LogP contribution in [-0.4, -0.2) is 41.3 Å². The third-order valence-electron chi connectivity index (χ3n) is 3.29. The van der Waals surface area contributed by atoms with E-state index in [1.54, 1.807) is 4.90 Å². The molecule has 1 heterocycles. The number of halogens is 1. The van der Waals surface area contributed by atoms with Gasteiger partial charge in [0, 0.05) is 32.7 Å². The van der Waals surface area contributed by atoms with Crippen molar-refractivity contribution in [2.24, 2.45) is 5.92 Å². The molecular weight excluding hydrogens is 248 g/mol. The van der Waals surface area contributed by atoms with Gasteiger partial charge in [-0.1, -0.05) is 37.3 Å². The molecule has 2 rings (SSSR count). The molecule has 1 fully saturated rings. The topological polar surface area (TPSA) is 23.6 Å². The molecule has 98 valence electrons. The molecule has 1 unspecified atom stereocenters. The smallest absolute Gasteiger partial charge is 0.316 e. The van der Waals surface area contributed by atoms with Crippen LogP contribution in [0, 0.1) is 5.92 Å². The van der Waals surface area contributed by atoms with Crippen molar-refractivity contribution in [1.82, 2.24) is 9.80 Å². The van der Waals surface area contributed by atoms with Gasteiger partial charge in [0.2, 0.25) is 0 Å². The summed E-state index contributed by atoms with van der Waals surface area (Å²) in [6.07, 6.45) is 0. The van der Waals surface area contributed by atoms with Crippen LogP contribution in [0.4, 0.5) is 4.79 Å². The van der Waals surface area contributed by atoms with Crippen LogP contribution in [0.1, 0.15) is 12.5 Å². The molecule has 0 bridgehead atoms. The van der Waals surface area contributed by atoms with Gasteiger partial charge in [0.25, 0.3) is 0 Å². The van der Waals surface area contributed by atoms with Crippen LogP contribution in [0.3, 0.4) is 0 Å². The van der Waals surface area contributed by atoms with Crippen molar-refractivity contribution in [1.29, 1.82) is 0 Å². The Hall–Kier alpha value is -1.06. The van der Waals surface area contributed by atoms with E-state index in [4.69, 9.17) is 11.6 Å². The fourth-order valence-corrected chi connectivity index (χ4v) is 2.62. The first-order valence-corrected chi connectivity index (χ1v) is 6.73. The number of rotatable bonds is 2. The van der Waals surface area contributed by atoms with Crippen LogP contribution in [0.2, 0.25) is 0 Å². The van der Waals surface area contributed by atoms with E-state index < -0.39 is 0 Å². The molecule has 18 heavy (non-hydrogen) atoms. The Balaban J connectivity index is 1.96. The van der Waals surface area contributed by atoms with Crippen LogP contribution < -0.4 is 0 Å². The van der Waals surface area contributed by atoms with E-state index in [-0.39, 0.29) is 5.37 Å². The van der Waals surface area contributed by atoms with Gasteiger partial charge in [0.15, 0.2) is 0 Å². The van der Waals surface area contributed by atoms with E-state index in [0.29, 0.717) is 5.92 Å². The Morgan fingerprint density at radius 1 is 1.28 bits per heavy atom. The summed E-state index contributed by atoms with van der Waals surface area (Å²) >= 11 is 5.57. The van der Waals surface area contributed by atoms with Gasteiger partial charge < -0.3 is 4.90 Å². The van der Waals surface area contributed by atoms with Crippen LogP contribution in [0.5, 0.6) is 0 Å². The van der Waals surface area contributed by atoms with Gasteiger partial charge in [0.1, 0.15) is 0 Å². The molecule has 4 heteroatoms. The largest absolute Gasteiger partial charge is 0.328 e. The monoisotopic (exact) mass is 266 g/mol. The summed E-state index contributed by atoms with van der Waals surface area (Å²) < 4.78 is 0. The van der Waals surface area contributed by atoms with Gasteiger partial charge in [-0.2, -0.15) is 0 Å². The summed E-state index contributed by atoms with van der Waals surface area (Å²) in [7, 11) is 0. The Kier molecular flexibility index (Phi) is 4.61. The van der Waals surface area contributed by atoms with Crippen molar-refractivity contribution in [3.8, 4) is 0 Å². The maximum absolute atomic E-state index is 11.2. The van der Waals surface area contributed by atoms with E-state index in [0.717, 1.165) is 32.7 Å². The van der Waals surface area contributed by atoms with E-state index in [1.165, 1.54) is 5.56 Å². The highest BCUT2D eigenvalue weighted by Gasteiger charge is 2.22. The Labute approximate surface area is 113 Å². The summed E-state index contributed by atoms with van der Waals surface area (Å²) in [6, 6.07) is 10.4. The highest BCUT2D eigenvalue weighted by Crippen LogP contribution is 2.13. The lowest BCUT2D eigenvalue weighted by Gasteiger charge is -2.21. The highest BCUT2D eigenvalue weighted by molar-refractivity contribution is 6.62. The summed E-state index contributed by atoms with van der Waals surface area (Å²) in [5, 5.41) is -0.330. The molecular formula is C14H19ClN2O. The molecule has 3 nitrogen and oxygen atoms in total. The maximum atomic E-state index is 11.2. The molecule has 0 radical (unpaired) electrons. The predicted octanol–water partition coefficient (Wildman–Crippen LogP) is 2.80. The molecule has 1 atom stereocenters. The molecule has 1 aromatic carbocycles. The second kappa shape index (κ2) is 6.21. The van der Waals surface area contributed by atoms with Crippen LogP contribution in [-0.2, 0) is 6.54 Å². The normalized spacial score (nSPS) is 21.7. The summed E-state index contributed by atoms with van der Waals surface area (Å²) in [5.41, 5.74) is 1.32. The zero-order valence-electron chi connectivity index (χ0n) is 10.7. The molecule has 1 aromatic rings. The molecule has 1 aliphatic rings. The first-order chi connectivity index (χ1) is 8.65. The molecule has 1 amide bonds. The number of hydrogen-bond donors (Lipinski definition) is 0. The summed E-state index contributed by atoms with van der Waals surface area (Å²) in [6.45, 7) is 6.48. The van der Waals surface area contributed by atoms with E-state index in [2.05, 4.69) is 36.1 Å². The lowest BCUT2D eigenvalue weighted by Crippen LogP contribution is -2.32. The van der Waals surface area contributed by atoms with Crippen molar-refractivity contribution in [2.75, 3.05) is 26.2 Å². The number of hydrogen-bond acceptors (Lipinski definition) is 2. The molecule has 0 aliphatic carbocycles. The number of nitrogens with zero attached hydrogens (tertiary/aromatic N) is 2. The first-order valence-electron chi connectivity index (χ1n) is 6.36. The third kappa shape index (κ3) is 3.72. The molecule has 0 spiro atoms. The van der Waals surface area contributed by atoms with E-state index >= 15 is 0 Å². The molecule has 1 aliphatic heterocycles. The SMILES string of the molecule is CC1CN(Cc2ccccc2)CCN(C(=O)Cl)C1.